The number of fused-ring (bicyclic) bond motifs is 2. The normalized spacial score (nSPS) is 23.5. The van der Waals surface area contributed by atoms with Crippen LogP contribution in [0.3, 0.4) is 0 Å². The number of allylic oxidation sites excluding steroid dienone is 1. The molecule has 5 rings (SSSR count). The molecule has 0 N–H and O–H groups in total. The molecule has 2 aliphatic heterocycles. The van der Waals surface area contributed by atoms with Gasteiger partial charge in [-0.25, -0.2) is 0 Å². The summed E-state index contributed by atoms with van der Waals surface area (Å²) in [6.45, 7) is 0.142. The van der Waals surface area contributed by atoms with Gasteiger partial charge in [0.1, 0.15) is 5.75 Å². The maximum atomic E-state index is 12.8. The van der Waals surface area contributed by atoms with Crippen LogP contribution >= 0.6 is 0 Å². The van der Waals surface area contributed by atoms with Gasteiger partial charge in [-0.3, -0.25) is 4.79 Å². The van der Waals surface area contributed by atoms with Crippen molar-refractivity contribution in [3.63, 3.8) is 0 Å². The molecule has 3 nitrogen and oxygen atoms in total. The molecule has 2 saturated heterocycles. The van der Waals surface area contributed by atoms with Crippen LogP contribution in [0.4, 0.5) is 0 Å². The second-order valence-electron chi connectivity index (χ2n) is 7.98. The monoisotopic (exact) mass is 359 g/mol. The molecule has 2 atom stereocenters. The SMILES string of the molecule is O=C(COc1ccc(-c2ccccc2)cc1)N1C2CCC1CC(=C1CC1)C2. The van der Waals surface area contributed by atoms with Gasteiger partial charge in [0.25, 0.3) is 5.91 Å². The van der Waals surface area contributed by atoms with Gasteiger partial charge in [-0.2, -0.15) is 0 Å². The molecule has 2 aromatic rings. The Morgan fingerprint density at radius 1 is 0.852 bits per heavy atom. The Morgan fingerprint density at radius 2 is 1.48 bits per heavy atom. The van der Waals surface area contributed by atoms with E-state index in [-0.39, 0.29) is 12.5 Å². The minimum absolute atomic E-state index is 0.142. The highest BCUT2D eigenvalue weighted by Gasteiger charge is 2.42. The number of carbonyl (C=O) groups is 1. The molecule has 0 aromatic heterocycles. The molecule has 3 heteroatoms. The Morgan fingerprint density at radius 3 is 2.11 bits per heavy atom. The Kier molecular flexibility index (Phi) is 4.23. The highest BCUT2D eigenvalue weighted by molar-refractivity contribution is 5.79. The second kappa shape index (κ2) is 6.88. The first-order valence-electron chi connectivity index (χ1n) is 10.1. The molecule has 138 valence electrons. The topological polar surface area (TPSA) is 29.5 Å². The lowest BCUT2D eigenvalue weighted by Crippen LogP contribution is -2.46. The Balaban J connectivity index is 1.21. The Bertz CT molecular complexity index is 847. The molecule has 0 spiro atoms. The summed E-state index contributed by atoms with van der Waals surface area (Å²) < 4.78 is 5.82. The van der Waals surface area contributed by atoms with Crippen LogP contribution in [0.15, 0.2) is 65.7 Å². The lowest BCUT2D eigenvalue weighted by atomic mass is 9.95. The van der Waals surface area contributed by atoms with Crippen molar-refractivity contribution in [2.75, 3.05) is 6.61 Å². The van der Waals surface area contributed by atoms with Gasteiger partial charge in [-0.1, -0.05) is 53.6 Å². The molecule has 2 unspecified atom stereocenters. The number of piperidine rings is 1. The summed E-state index contributed by atoms with van der Waals surface area (Å²) in [6.07, 6.45) is 7.10. The third kappa shape index (κ3) is 3.39. The summed E-state index contributed by atoms with van der Waals surface area (Å²) in [5, 5.41) is 0. The fourth-order valence-corrected chi connectivity index (χ4v) is 4.72. The lowest BCUT2D eigenvalue weighted by molar-refractivity contribution is -0.137. The van der Waals surface area contributed by atoms with Crippen LogP contribution < -0.4 is 4.74 Å². The van der Waals surface area contributed by atoms with E-state index in [1.807, 2.05) is 42.5 Å². The number of nitrogens with zero attached hydrogens (tertiary/aromatic N) is 1. The number of hydrogen-bond donors (Lipinski definition) is 0. The summed E-state index contributed by atoms with van der Waals surface area (Å²) in [5.41, 5.74) is 5.67. The second-order valence-corrected chi connectivity index (χ2v) is 7.98. The highest BCUT2D eigenvalue weighted by Crippen LogP contribution is 2.44. The fourth-order valence-electron chi connectivity index (χ4n) is 4.72. The van der Waals surface area contributed by atoms with Crippen molar-refractivity contribution in [1.82, 2.24) is 4.90 Å². The highest BCUT2D eigenvalue weighted by atomic mass is 16.5. The van der Waals surface area contributed by atoms with Crippen LogP contribution in [0.25, 0.3) is 11.1 Å². The maximum absolute atomic E-state index is 12.8. The van der Waals surface area contributed by atoms with E-state index in [1.54, 1.807) is 11.1 Å². The Labute approximate surface area is 160 Å². The standard InChI is InChI=1S/C24H25NO2/c26-24(25-21-10-11-22(25)15-20(14-21)19-6-7-19)16-27-23-12-8-18(9-13-23)17-4-2-1-3-5-17/h1-5,8-9,12-13,21-22H,6-7,10-11,14-16H2. The van der Waals surface area contributed by atoms with Gasteiger partial charge in [-0.05, 0) is 61.8 Å². The predicted octanol–water partition coefficient (Wildman–Crippen LogP) is 4.98. The lowest BCUT2D eigenvalue weighted by Gasteiger charge is -2.36. The molecule has 2 aromatic carbocycles. The number of carbonyl (C=O) groups excluding carboxylic acids is 1. The molecule has 1 amide bonds. The first-order chi connectivity index (χ1) is 13.3. The van der Waals surface area contributed by atoms with Crippen LogP contribution in [0.1, 0.15) is 38.5 Å². The molecule has 27 heavy (non-hydrogen) atoms. The van der Waals surface area contributed by atoms with E-state index in [0.717, 1.165) is 37.0 Å². The van der Waals surface area contributed by atoms with Crippen LogP contribution in [-0.2, 0) is 4.79 Å². The van der Waals surface area contributed by atoms with E-state index >= 15 is 0 Å². The van der Waals surface area contributed by atoms with E-state index in [9.17, 15) is 4.79 Å². The van der Waals surface area contributed by atoms with Crippen LogP contribution in [0.5, 0.6) is 5.75 Å². The van der Waals surface area contributed by atoms with E-state index in [0.29, 0.717) is 12.1 Å². The minimum Gasteiger partial charge on any atom is -0.484 e. The molecule has 1 aliphatic carbocycles. The van der Waals surface area contributed by atoms with Crippen LogP contribution in [-0.4, -0.2) is 29.5 Å². The van der Waals surface area contributed by atoms with E-state index in [4.69, 9.17) is 4.74 Å². The average Bonchev–Trinajstić information content (AvgIpc) is 3.52. The van der Waals surface area contributed by atoms with Crippen molar-refractivity contribution in [1.29, 1.82) is 0 Å². The van der Waals surface area contributed by atoms with Crippen molar-refractivity contribution in [3.05, 3.63) is 65.7 Å². The zero-order valence-electron chi connectivity index (χ0n) is 15.6. The van der Waals surface area contributed by atoms with E-state index in [2.05, 4.69) is 17.0 Å². The summed E-state index contributed by atoms with van der Waals surface area (Å²) in [7, 11) is 0. The molecule has 0 radical (unpaired) electrons. The summed E-state index contributed by atoms with van der Waals surface area (Å²) in [4.78, 5) is 14.9. The smallest absolute Gasteiger partial charge is 0.261 e. The number of benzene rings is 2. The van der Waals surface area contributed by atoms with Crippen molar-refractivity contribution in [3.8, 4) is 16.9 Å². The largest absolute Gasteiger partial charge is 0.484 e. The van der Waals surface area contributed by atoms with Crippen LogP contribution in [0, 0.1) is 0 Å². The molecule has 2 bridgehead atoms. The molecule has 3 aliphatic rings. The molecular formula is C24H25NO2. The van der Waals surface area contributed by atoms with Crippen molar-refractivity contribution < 1.29 is 9.53 Å². The van der Waals surface area contributed by atoms with Crippen LogP contribution in [0.2, 0.25) is 0 Å². The Hall–Kier alpha value is -2.55. The van der Waals surface area contributed by atoms with E-state index < -0.39 is 0 Å². The van der Waals surface area contributed by atoms with Gasteiger partial charge in [0.05, 0.1) is 0 Å². The van der Waals surface area contributed by atoms with Gasteiger partial charge >= 0.3 is 0 Å². The van der Waals surface area contributed by atoms with Gasteiger partial charge in [-0.15, -0.1) is 0 Å². The number of rotatable bonds is 4. The zero-order valence-corrected chi connectivity index (χ0v) is 15.6. The quantitative estimate of drug-likeness (QED) is 0.721. The van der Waals surface area contributed by atoms with Crippen molar-refractivity contribution >= 4 is 5.91 Å². The summed E-state index contributed by atoms with van der Waals surface area (Å²) >= 11 is 0. The fraction of sp³-hybridized carbons (Fsp3) is 0.375. The van der Waals surface area contributed by atoms with Gasteiger partial charge in [0.2, 0.25) is 0 Å². The van der Waals surface area contributed by atoms with Gasteiger partial charge < -0.3 is 9.64 Å². The van der Waals surface area contributed by atoms with E-state index in [1.165, 1.54) is 18.4 Å². The third-order valence-corrected chi connectivity index (χ3v) is 6.20. The predicted molar refractivity (Wildman–Crippen MR) is 107 cm³/mol. The average molecular weight is 359 g/mol. The molecule has 1 saturated carbocycles. The molecule has 2 heterocycles. The van der Waals surface area contributed by atoms with Gasteiger partial charge in [0, 0.05) is 12.1 Å². The number of amides is 1. The summed E-state index contributed by atoms with van der Waals surface area (Å²) in [5.74, 6) is 0.905. The minimum atomic E-state index is 0.142. The van der Waals surface area contributed by atoms with Crippen molar-refractivity contribution in [2.24, 2.45) is 0 Å². The first-order valence-corrected chi connectivity index (χ1v) is 10.1. The number of ether oxygens (including phenoxy) is 1. The molecule has 3 fully saturated rings. The first kappa shape index (κ1) is 16.6. The number of hydrogen-bond acceptors (Lipinski definition) is 2. The molecular weight excluding hydrogens is 334 g/mol. The maximum Gasteiger partial charge on any atom is 0.261 e. The van der Waals surface area contributed by atoms with Crippen molar-refractivity contribution in [2.45, 2.75) is 50.6 Å². The third-order valence-electron chi connectivity index (χ3n) is 6.20. The zero-order chi connectivity index (χ0) is 18.2. The van der Waals surface area contributed by atoms with Gasteiger partial charge in [0.15, 0.2) is 6.61 Å². The summed E-state index contributed by atoms with van der Waals surface area (Å²) in [6, 6.07) is 19.1.